The molecule has 0 saturated carbocycles. The Labute approximate surface area is 156 Å². The van der Waals surface area contributed by atoms with Crippen molar-refractivity contribution in [1.82, 2.24) is 9.62 Å². The van der Waals surface area contributed by atoms with Gasteiger partial charge in [-0.3, -0.25) is 4.79 Å². The monoisotopic (exact) mass is 400 g/mol. The van der Waals surface area contributed by atoms with Crippen LogP contribution < -0.4 is 5.32 Å². The molecule has 26 heavy (non-hydrogen) atoms. The van der Waals surface area contributed by atoms with Crippen LogP contribution in [0.2, 0.25) is 5.02 Å². The predicted octanol–water partition coefficient (Wildman–Crippen LogP) is 2.90. The van der Waals surface area contributed by atoms with E-state index >= 15 is 0 Å². The smallest absolute Gasteiger partial charge is 0.286 e. The van der Waals surface area contributed by atoms with Gasteiger partial charge in [0.05, 0.1) is 11.3 Å². The molecule has 1 aliphatic heterocycles. The number of piperidine rings is 1. The van der Waals surface area contributed by atoms with Gasteiger partial charge in [-0.15, -0.1) is 0 Å². The molecule has 3 rings (SSSR count). The molecular formula is C17H18ClFN2O4S. The molecule has 1 saturated heterocycles. The molecule has 140 valence electrons. The molecule has 1 amide bonds. The number of carbonyl (C=O) groups is 1. The van der Waals surface area contributed by atoms with Gasteiger partial charge in [0.2, 0.25) is 10.0 Å². The summed E-state index contributed by atoms with van der Waals surface area (Å²) in [5.74, 6) is -0.747. The lowest BCUT2D eigenvalue weighted by molar-refractivity contribution is 0.0913. The van der Waals surface area contributed by atoms with Gasteiger partial charge in [-0.2, -0.15) is 4.31 Å². The molecule has 2 heterocycles. The van der Waals surface area contributed by atoms with Gasteiger partial charge in [-0.25, -0.2) is 12.8 Å². The van der Waals surface area contributed by atoms with Crippen molar-refractivity contribution >= 4 is 27.5 Å². The number of nitrogens with zero attached hydrogens (tertiary/aromatic N) is 1. The summed E-state index contributed by atoms with van der Waals surface area (Å²) in [5.41, 5.74) is 0. The number of rotatable bonds is 5. The molecule has 2 aromatic rings. The summed E-state index contributed by atoms with van der Waals surface area (Å²) in [4.78, 5) is 11.8. The first kappa shape index (κ1) is 18.9. The van der Waals surface area contributed by atoms with Gasteiger partial charge in [0.15, 0.2) is 5.76 Å². The summed E-state index contributed by atoms with van der Waals surface area (Å²) in [6.45, 7) is 0.954. The van der Waals surface area contributed by atoms with Crippen LogP contribution in [0, 0.1) is 11.7 Å². The standard InChI is InChI=1S/C17H18ClFN2O4S/c18-14-9-13(19)5-6-16(14)26(23,24)21-7-1-3-12(11-21)10-20-17(22)15-4-2-8-25-15/h2,4-6,8-9,12H,1,3,7,10-11H2,(H,20,22). The van der Waals surface area contributed by atoms with E-state index in [-0.39, 0.29) is 34.0 Å². The Morgan fingerprint density at radius 1 is 1.38 bits per heavy atom. The van der Waals surface area contributed by atoms with Crippen LogP contribution in [-0.4, -0.2) is 38.3 Å². The van der Waals surface area contributed by atoms with Crippen LogP contribution in [0.25, 0.3) is 0 Å². The third-order valence-electron chi connectivity index (χ3n) is 4.29. The van der Waals surface area contributed by atoms with E-state index in [9.17, 15) is 17.6 Å². The highest BCUT2D eigenvalue weighted by molar-refractivity contribution is 7.89. The number of sulfonamides is 1. The van der Waals surface area contributed by atoms with Gasteiger partial charge >= 0.3 is 0 Å². The van der Waals surface area contributed by atoms with Gasteiger partial charge < -0.3 is 9.73 Å². The Hall–Kier alpha value is -1.90. The molecule has 1 atom stereocenters. The number of furan rings is 1. The summed E-state index contributed by atoms with van der Waals surface area (Å²) in [5, 5.41) is 2.62. The summed E-state index contributed by atoms with van der Waals surface area (Å²) in [6, 6.07) is 6.41. The molecule has 0 radical (unpaired) electrons. The van der Waals surface area contributed by atoms with Crippen molar-refractivity contribution in [2.45, 2.75) is 17.7 Å². The third-order valence-corrected chi connectivity index (χ3v) is 6.64. The molecule has 0 bridgehead atoms. The highest BCUT2D eigenvalue weighted by Gasteiger charge is 2.32. The van der Waals surface area contributed by atoms with Crippen LogP contribution in [0.15, 0.2) is 45.9 Å². The molecule has 1 unspecified atom stereocenters. The second kappa shape index (κ2) is 7.77. The van der Waals surface area contributed by atoms with Crippen molar-refractivity contribution in [2.75, 3.05) is 19.6 Å². The number of nitrogens with one attached hydrogen (secondary N) is 1. The molecule has 6 nitrogen and oxygen atoms in total. The number of benzene rings is 1. The Bertz CT molecular complexity index is 886. The fourth-order valence-corrected chi connectivity index (χ4v) is 5.03. The third kappa shape index (κ3) is 4.08. The molecule has 1 aliphatic rings. The average molecular weight is 401 g/mol. The van der Waals surface area contributed by atoms with Gasteiger partial charge in [-0.05, 0) is 49.1 Å². The average Bonchev–Trinajstić information content (AvgIpc) is 3.14. The van der Waals surface area contributed by atoms with Crippen LogP contribution in [0.4, 0.5) is 4.39 Å². The van der Waals surface area contributed by atoms with Crippen LogP contribution in [0.3, 0.4) is 0 Å². The normalized spacial score (nSPS) is 18.6. The van der Waals surface area contributed by atoms with Gasteiger partial charge in [-0.1, -0.05) is 11.6 Å². The van der Waals surface area contributed by atoms with Crippen molar-refractivity contribution in [3.8, 4) is 0 Å². The maximum absolute atomic E-state index is 13.2. The molecule has 1 aromatic carbocycles. The number of carbonyl (C=O) groups excluding carboxylic acids is 1. The first-order chi connectivity index (χ1) is 12.4. The molecule has 0 aliphatic carbocycles. The lowest BCUT2D eigenvalue weighted by Crippen LogP contribution is -2.43. The summed E-state index contributed by atoms with van der Waals surface area (Å²) in [6.07, 6.45) is 2.87. The highest BCUT2D eigenvalue weighted by atomic mass is 35.5. The Morgan fingerprint density at radius 3 is 2.88 bits per heavy atom. The Morgan fingerprint density at radius 2 is 2.19 bits per heavy atom. The van der Waals surface area contributed by atoms with Crippen LogP contribution in [0.1, 0.15) is 23.4 Å². The van der Waals surface area contributed by atoms with Crippen molar-refractivity contribution in [2.24, 2.45) is 5.92 Å². The maximum atomic E-state index is 13.2. The zero-order valence-electron chi connectivity index (χ0n) is 13.8. The lowest BCUT2D eigenvalue weighted by atomic mass is 10.00. The van der Waals surface area contributed by atoms with E-state index in [1.807, 2.05) is 0 Å². The zero-order chi connectivity index (χ0) is 18.7. The van der Waals surface area contributed by atoms with Crippen molar-refractivity contribution in [1.29, 1.82) is 0 Å². The first-order valence-electron chi connectivity index (χ1n) is 8.15. The maximum Gasteiger partial charge on any atom is 0.286 e. The number of hydrogen-bond acceptors (Lipinski definition) is 4. The SMILES string of the molecule is O=C(NCC1CCCN(S(=O)(=O)c2ccc(F)cc2Cl)C1)c1ccco1. The van der Waals surface area contributed by atoms with E-state index in [0.29, 0.717) is 19.5 Å². The first-order valence-corrected chi connectivity index (χ1v) is 9.96. The van der Waals surface area contributed by atoms with E-state index < -0.39 is 15.8 Å². The van der Waals surface area contributed by atoms with Crippen LogP contribution in [-0.2, 0) is 10.0 Å². The second-order valence-electron chi connectivity index (χ2n) is 6.13. The summed E-state index contributed by atoms with van der Waals surface area (Å²) < 4.78 is 45.2. The van der Waals surface area contributed by atoms with Crippen molar-refractivity contribution in [3.05, 3.63) is 53.2 Å². The predicted molar refractivity (Wildman–Crippen MR) is 93.9 cm³/mol. The van der Waals surface area contributed by atoms with Crippen molar-refractivity contribution < 1.29 is 22.0 Å². The van der Waals surface area contributed by atoms with E-state index in [0.717, 1.165) is 18.6 Å². The van der Waals surface area contributed by atoms with Crippen LogP contribution >= 0.6 is 11.6 Å². The Balaban J connectivity index is 1.66. The Kier molecular flexibility index (Phi) is 5.64. The van der Waals surface area contributed by atoms with E-state index in [2.05, 4.69) is 5.32 Å². The van der Waals surface area contributed by atoms with Gasteiger partial charge in [0.1, 0.15) is 10.7 Å². The zero-order valence-corrected chi connectivity index (χ0v) is 15.4. The molecule has 1 aromatic heterocycles. The van der Waals surface area contributed by atoms with E-state index in [1.54, 1.807) is 12.1 Å². The molecule has 9 heteroatoms. The van der Waals surface area contributed by atoms with Gasteiger partial charge in [0.25, 0.3) is 5.91 Å². The minimum absolute atomic E-state index is 0.0309. The molecule has 0 spiro atoms. The summed E-state index contributed by atoms with van der Waals surface area (Å²) >= 11 is 5.92. The quantitative estimate of drug-likeness (QED) is 0.836. The summed E-state index contributed by atoms with van der Waals surface area (Å²) in [7, 11) is -3.82. The fraction of sp³-hybridized carbons (Fsp3) is 0.353. The van der Waals surface area contributed by atoms with E-state index in [1.165, 1.54) is 16.6 Å². The number of amides is 1. The van der Waals surface area contributed by atoms with Crippen LogP contribution in [0.5, 0.6) is 0 Å². The number of halogens is 2. The number of hydrogen-bond donors (Lipinski definition) is 1. The minimum Gasteiger partial charge on any atom is -0.459 e. The van der Waals surface area contributed by atoms with E-state index in [4.69, 9.17) is 16.0 Å². The topological polar surface area (TPSA) is 79.6 Å². The molecule has 1 N–H and O–H groups in total. The van der Waals surface area contributed by atoms with Crippen molar-refractivity contribution in [3.63, 3.8) is 0 Å². The van der Waals surface area contributed by atoms with Gasteiger partial charge in [0, 0.05) is 19.6 Å². The fourth-order valence-electron chi connectivity index (χ4n) is 2.97. The minimum atomic E-state index is -3.82. The molecule has 1 fully saturated rings. The lowest BCUT2D eigenvalue weighted by Gasteiger charge is -2.32. The molecular weight excluding hydrogens is 383 g/mol. The second-order valence-corrected chi connectivity index (χ2v) is 8.45. The largest absolute Gasteiger partial charge is 0.459 e. The highest BCUT2D eigenvalue weighted by Crippen LogP contribution is 2.28.